The van der Waals surface area contributed by atoms with Crippen LogP contribution < -0.4 is 10.6 Å². The number of anilines is 2. The number of aromatic nitrogens is 4. The van der Waals surface area contributed by atoms with Gasteiger partial charge in [-0.15, -0.1) is 11.3 Å². The quantitative estimate of drug-likeness (QED) is 0.260. The summed E-state index contributed by atoms with van der Waals surface area (Å²) in [5.41, 5.74) is 2.62. The average Bonchev–Trinajstić information content (AvgIpc) is 3.81. The number of nitrogens with one attached hydrogen (secondary N) is 2. The Morgan fingerprint density at radius 3 is 2.91 bits per heavy atom. The number of amides is 1. The number of halogens is 2. The van der Waals surface area contributed by atoms with Crippen LogP contribution in [0.25, 0.3) is 21.1 Å². The fourth-order valence-corrected chi connectivity index (χ4v) is 6.35. The van der Waals surface area contributed by atoms with Gasteiger partial charge in [0, 0.05) is 42.7 Å². The molecule has 2 aliphatic rings. The molecule has 0 spiro atoms. The number of thiophene rings is 1. The zero-order valence-electron chi connectivity index (χ0n) is 23.0. The molecule has 12 heteroatoms. The fraction of sp³-hybridized carbons (Fsp3) is 0.290. The minimum atomic E-state index is -0.488. The Morgan fingerprint density at radius 1 is 1.14 bits per heavy atom. The molecule has 2 saturated heterocycles. The Morgan fingerprint density at radius 2 is 2.02 bits per heavy atom. The van der Waals surface area contributed by atoms with Gasteiger partial charge >= 0.3 is 6.09 Å². The van der Waals surface area contributed by atoms with Crippen LogP contribution in [0.2, 0.25) is 0 Å². The second-order valence-electron chi connectivity index (χ2n) is 10.6. The van der Waals surface area contributed by atoms with Gasteiger partial charge in [0.2, 0.25) is 0 Å². The number of carbonyl (C=O) groups excluding carboxylic acids is 1. The van der Waals surface area contributed by atoms with Gasteiger partial charge in [0.1, 0.15) is 24.1 Å². The molecule has 5 heterocycles. The first-order chi connectivity index (χ1) is 21.0. The molecule has 1 amide bonds. The van der Waals surface area contributed by atoms with Crippen molar-refractivity contribution < 1.29 is 18.3 Å². The lowest BCUT2D eigenvalue weighted by Gasteiger charge is -2.18. The Labute approximate surface area is 249 Å². The zero-order valence-corrected chi connectivity index (χ0v) is 23.8. The van der Waals surface area contributed by atoms with E-state index in [1.807, 2.05) is 24.3 Å². The Hall–Kier alpha value is -4.60. The number of likely N-dealkylation sites (tertiary alicyclic amines) is 1. The topological polar surface area (TPSA) is 97.2 Å². The minimum Gasteiger partial charge on any atom is -0.445 e. The summed E-state index contributed by atoms with van der Waals surface area (Å²) in [6.45, 7) is 2.25. The number of benzene rings is 2. The van der Waals surface area contributed by atoms with Gasteiger partial charge in [-0.25, -0.2) is 23.5 Å². The van der Waals surface area contributed by atoms with Crippen LogP contribution in [0.3, 0.4) is 0 Å². The van der Waals surface area contributed by atoms with Crippen LogP contribution in [-0.4, -0.2) is 62.5 Å². The molecule has 2 unspecified atom stereocenters. The van der Waals surface area contributed by atoms with E-state index in [0.717, 1.165) is 69.7 Å². The molecule has 43 heavy (non-hydrogen) atoms. The summed E-state index contributed by atoms with van der Waals surface area (Å²) in [6, 6.07) is 11.0. The van der Waals surface area contributed by atoms with Crippen LogP contribution in [0.5, 0.6) is 0 Å². The lowest BCUT2D eigenvalue weighted by molar-refractivity contribution is 0.0763. The predicted octanol–water partition coefficient (Wildman–Crippen LogP) is 5.43. The van der Waals surface area contributed by atoms with Gasteiger partial charge in [-0.1, -0.05) is 11.8 Å². The lowest BCUT2D eigenvalue weighted by atomic mass is 10.2. The second kappa shape index (κ2) is 11.6. The summed E-state index contributed by atoms with van der Waals surface area (Å²) in [7, 11) is 0. The first kappa shape index (κ1) is 27.2. The molecule has 0 bridgehead atoms. The first-order valence-corrected chi connectivity index (χ1v) is 14.9. The highest BCUT2D eigenvalue weighted by Gasteiger charge is 2.28. The standard InChI is InChI=1S/C31H27F2N7O2S/c32-21-3-7-26(33)20(11-21)17-40-28-8-5-23(12-19(28)15-37-40)38-30-29-27(35-18-36-30)14-25(43-29)6-4-22-13-24(16-34-22)42-31(41)39-9-1-2-10-39/h3,5,7-8,11-12,14-15,18,22,24,34H,1-2,9-10,13,16-17H2,(H,35,36,38). The Bertz CT molecular complexity index is 1890. The molecule has 0 radical (unpaired) electrons. The molecule has 7 rings (SSSR count). The van der Waals surface area contributed by atoms with E-state index in [1.165, 1.54) is 23.7 Å². The number of hydrogen-bond donors (Lipinski definition) is 2. The highest BCUT2D eigenvalue weighted by Crippen LogP contribution is 2.31. The molecule has 2 atom stereocenters. The van der Waals surface area contributed by atoms with Crippen molar-refractivity contribution in [2.24, 2.45) is 0 Å². The highest BCUT2D eigenvalue weighted by molar-refractivity contribution is 7.20. The van der Waals surface area contributed by atoms with Crippen molar-refractivity contribution in [1.82, 2.24) is 30.0 Å². The average molecular weight is 600 g/mol. The van der Waals surface area contributed by atoms with Crippen molar-refractivity contribution in [3.05, 3.63) is 77.1 Å². The van der Waals surface area contributed by atoms with Crippen LogP contribution in [-0.2, 0) is 11.3 Å². The number of hydrogen-bond acceptors (Lipinski definition) is 8. The van der Waals surface area contributed by atoms with E-state index in [0.29, 0.717) is 18.8 Å². The van der Waals surface area contributed by atoms with Crippen LogP contribution in [0, 0.1) is 23.5 Å². The summed E-state index contributed by atoms with van der Waals surface area (Å²) in [5, 5.41) is 11.9. The number of ether oxygens (including phenoxy) is 1. The van der Waals surface area contributed by atoms with Gasteiger partial charge in [-0.2, -0.15) is 5.10 Å². The van der Waals surface area contributed by atoms with Gasteiger partial charge in [0.05, 0.1) is 39.4 Å². The smallest absolute Gasteiger partial charge is 0.410 e. The number of fused-ring (bicyclic) bond motifs is 2. The van der Waals surface area contributed by atoms with Crippen molar-refractivity contribution in [3.63, 3.8) is 0 Å². The molecule has 2 fully saturated rings. The largest absolute Gasteiger partial charge is 0.445 e. The third-order valence-corrected chi connectivity index (χ3v) is 8.68. The molecular weight excluding hydrogens is 572 g/mol. The predicted molar refractivity (Wildman–Crippen MR) is 160 cm³/mol. The lowest BCUT2D eigenvalue weighted by Crippen LogP contribution is -2.32. The molecule has 2 N–H and O–H groups in total. The van der Waals surface area contributed by atoms with E-state index in [-0.39, 0.29) is 30.3 Å². The SMILES string of the molecule is O=C(OC1CNC(C#Cc2cc3ncnc(Nc4ccc5c(cnn5Cc5cc(F)ccc5F)c4)c3s2)C1)N1CCCC1. The van der Waals surface area contributed by atoms with Gasteiger partial charge in [0.25, 0.3) is 0 Å². The van der Waals surface area contributed by atoms with Crippen LogP contribution >= 0.6 is 11.3 Å². The summed E-state index contributed by atoms with van der Waals surface area (Å²) in [6.07, 6.45) is 5.52. The van der Waals surface area contributed by atoms with Crippen molar-refractivity contribution in [2.75, 3.05) is 25.0 Å². The van der Waals surface area contributed by atoms with Crippen LogP contribution in [0.1, 0.15) is 29.7 Å². The molecule has 5 aromatic rings. The summed E-state index contributed by atoms with van der Waals surface area (Å²) in [4.78, 5) is 23.8. The minimum absolute atomic E-state index is 0.0599. The molecule has 3 aromatic heterocycles. The molecule has 218 valence electrons. The summed E-state index contributed by atoms with van der Waals surface area (Å²) >= 11 is 1.50. The molecule has 0 saturated carbocycles. The van der Waals surface area contributed by atoms with Gasteiger partial charge in [0.15, 0.2) is 5.82 Å². The van der Waals surface area contributed by atoms with E-state index in [9.17, 15) is 13.6 Å². The molecule has 2 aliphatic heterocycles. The van der Waals surface area contributed by atoms with Crippen molar-refractivity contribution in [3.8, 4) is 11.8 Å². The number of nitrogens with zero attached hydrogens (tertiary/aromatic N) is 5. The maximum Gasteiger partial charge on any atom is 0.410 e. The second-order valence-corrected chi connectivity index (χ2v) is 11.7. The van der Waals surface area contributed by atoms with Crippen molar-refractivity contribution >= 4 is 50.1 Å². The molecular formula is C31H27F2N7O2S. The van der Waals surface area contributed by atoms with E-state index in [4.69, 9.17) is 4.74 Å². The molecule has 0 aliphatic carbocycles. The van der Waals surface area contributed by atoms with E-state index < -0.39 is 11.6 Å². The zero-order chi connectivity index (χ0) is 29.3. The molecule has 2 aromatic carbocycles. The van der Waals surface area contributed by atoms with E-state index in [1.54, 1.807) is 15.8 Å². The van der Waals surface area contributed by atoms with Gasteiger partial charge < -0.3 is 15.0 Å². The summed E-state index contributed by atoms with van der Waals surface area (Å²) < 4.78 is 36.0. The Balaban J connectivity index is 1.03. The maximum absolute atomic E-state index is 14.2. The van der Waals surface area contributed by atoms with E-state index >= 15 is 0 Å². The van der Waals surface area contributed by atoms with E-state index in [2.05, 4.69) is 37.5 Å². The fourth-order valence-electron chi connectivity index (χ4n) is 5.44. The van der Waals surface area contributed by atoms with Crippen molar-refractivity contribution in [2.45, 2.75) is 38.0 Å². The Kier molecular flexibility index (Phi) is 7.34. The van der Waals surface area contributed by atoms with Crippen LogP contribution in [0.4, 0.5) is 25.1 Å². The third-order valence-electron chi connectivity index (χ3n) is 7.64. The number of carbonyl (C=O) groups is 1. The first-order valence-electron chi connectivity index (χ1n) is 14.1. The van der Waals surface area contributed by atoms with Gasteiger partial charge in [-0.05, 0) is 55.3 Å². The maximum atomic E-state index is 14.2. The van der Waals surface area contributed by atoms with Crippen LogP contribution in [0.15, 0.2) is 55.0 Å². The summed E-state index contributed by atoms with van der Waals surface area (Å²) in [5.74, 6) is 6.21. The highest BCUT2D eigenvalue weighted by atomic mass is 32.1. The monoisotopic (exact) mass is 599 g/mol. The van der Waals surface area contributed by atoms with Crippen molar-refractivity contribution in [1.29, 1.82) is 0 Å². The molecule has 9 nitrogen and oxygen atoms in total. The third kappa shape index (κ3) is 5.86. The normalized spacial score (nSPS) is 18.2. The van der Waals surface area contributed by atoms with Gasteiger partial charge in [-0.3, -0.25) is 10.00 Å². The number of rotatable bonds is 5.